The molecule has 0 saturated carbocycles. The first-order valence-electron chi connectivity index (χ1n) is 33.8. The zero-order chi connectivity index (χ0) is 55.9. The van der Waals surface area contributed by atoms with Crippen molar-refractivity contribution in [3.63, 3.8) is 0 Å². The Bertz CT molecular complexity index is 1330. The fraction of sp³-hybridized carbons (Fsp3) is 0.940. The van der Waals surface area contributed by atoms with Crippen LogP contribution in [0.1, 0.15) is 349 Å². The van der Waals surface area contributed by atoms with Gasteiger partial charge in [0, 0.05) is 38.8 Å². The van der Waals surface area contributed by atoms with Crippen LogP contribution in [0.3, 0.4) is 0 Å². The number of carbonyl (C=O) groups is 4. The van der Waals surface area contributed by atoms with Crippen LogP contribution < -0.4 is 0 Å². The quantitative estimate of drug-likeness (QED) is 0.0334. The van der Waals surface area contributed by atoms with Crippen LogP contribution in [0.25, 0.3) is 0 Å². The second kappa shape index (κ2) is 48.6. The molecule has 0 spiro atoms. The van der Waals surface area contributed by atoms with Crippen LogP contribution in [0.5, 0.6) is 0 Å². The molecular formula is C67H126N2O8. The molecule has 0 N–H and O–H groups in total. The summed E-state index contributed by atoms with van der Waals surface area (Å²) < 4.78 is 25.6. The lowest BCUT2D eigenvalue weighted by Gasteiger charge is -2.30. The molecule has 2 saturated heterocycles. The van der Waals surface area contributed by atoms with E-state index >= 15 is 0 Å². The highest BCUT2D eigenvalue weighted by atomic mass is 16.8. The minimum absolute atomic E-state index is 0.0302. The Morgan fingerprint density at radius 1 is 0.416 bits per heavy atom. The lowest BCUT2D eigenvalue weighted by Crippen LogP contribution is -2.42. The molecule has 452 valence electrons. The smallest absolute Gasteiger partial charge is 0.306 e. The standard InChI is InChI=1S/C67H126N2O8/c1-7-11-15-19-23-27-31-35-39-43-51-59(49-41-37-33-29-25-21-17-13-9-3)74-61(70)53-45-47-55-67(76-63-64(77-67)66(73)69(65(63)72)58-57-68(5)6)56-48-46-54-62(71)75-60(50-42-38-34-30-26-22-18-14-10-4)52-44-40-36-32-28-24-20-16-12-8-2/h59-60,63-64H,7-58H2,1-6H3. The van der Waals surface area contributed by atoms with E-state index in [2.05, 4.69) is 27.7 Å². The summed E-state index contributed by atoms with van der Waals surface area (Å²) in [6.45, 7) is 9.94. The monoisotopic (exact) mass is 1090 g/mol. The van der Waals surface area contributed by atoms with Crippen molar-refractivity contribution in [1.29, 1.82) is 0 Å². The highest BCUT2D eigenvalue weighted by molar-refractivity contribution is 6.08. The molecule has 0 bridgehead atoms. The molecule has 0 aromatic carbocycles. The maximum atomic E-state index is 13.6. The van der Waals surface area contributed by atoms with Gasteiger partial charge in [0.2, 0.25) is 0 Å². The van der Waals surface area contributed by atoms with Crippen LogP contribution in [0.15, 0.2) is 0 Å². The third-order valence-electron chi connectivity index (χ3n) is 16.7. The van der Waals surface area contributed by atoms with Crippen LogP contribution in [0.2, 0.25) is 0 Å². The van der Waals surface area contributed by atoms with Crippen LogP contribution in [0, 0.1) is 0 Å². The first-order chi connectivity index (χ1) is 37.6. The average Bonchev–Trinajstić information content (AvgIpc) is 3.98. The third kappa shape index (κ3) is 36.1. The topological polar surface area (TPSA) is 112 Å². The van der Waals surface area contributed by atoms with Crippen LogP contribution in [0.4, 0.5) is 0 Å². The van der Waals surface area contributed by atoms with Gasteiger partial charge in [0.15, 0.2) is 18.0 Å². The summed E-state index contributed by atoms with van der Waals surface area (Å²) in [5, 5.41) is 0. The van der Waals surface area contributed by atoms with E-state index in [1.807, 2.05) is 19.0 Å². The van der Waals surface area contributed by atoms with E-state index in [4.69, 9.17) is 18.9 Å². The van der Waals surface area contributed by atoms with Crippen LogP contribution >= 0.6 is 0 Å². The van der Waals surface area contributed by atoms with Gasteiger partial charge in [-0.1, -0.05) is 246 Å². The summed E-state index contributed by atoms with van der Waals surface area (Å²) in [6, 6.07) is 0. The van der Waals surface area contributed by atoms with Crippen LogP contribution in [-0.4, -0.2) is 90.9 Å². The Hall–Kier alpha value is -2.04. The van der Waals surface area contributed by atoms with E-state index in [0.29, 0.717) is 64.5 Å². The molecule has 4 atom stereocenters. The Kier molecular flexibility index (Phi) is 44.9. The number of rotatable bonds is 57. The van der Waals surface area contributed by atoms with E-state index in [9.17, 15) is 19.2 Å². The van der Waals surface area contributed by atoms with Gasteiger partial charge in [-0.15, -0.1) is 0 Å². The predicted octanol–water partition coefficient (Wildman–Crippen LogP) is 18.8. The van der Waals surface area contributed by atoms with Gasteiger partial charge < -0.3 is 23.8 Å². The maximum Gasteiger partial charge on any atom is 0.306 e. The SMILES string of the molecule is CCCCCCCCCCCCC(CCCCCCCCCCC)OC(=O)CCCCC1(CCCCC(=O)OC(CCCCCCCCCCC)CCCCCCCCCCCC)OC2C(=O)N(CCN(C)C)C(=O)C2O1. The Labute approximate surface area is 475 Å². The number of imide groups is 1. The normalized spacial score (nSPS) is 18.2. The summed E-state index contributed by atoms with van der Waals surface area (Å²) in [5.74, 6) is -2.08. The summed E-state index contributed by atoms with van der Waals surface area (Å²) in [5.41, 5.74) is 0. The van der Waals surface area contributed by atoms with E-state index in [-0.39, 0.29) is 36.0 Å². The molecule has 4 unspecified atom stereocenters. The first-order valence-corrected chi connectivity index (χ1v) is 33.8. The van der Waals surface area contributed by atoms with Crippen molar-refractivity contribution in [2.24, 2.45) is 0 Å². The highest BCUT2D eigenvalue weighted by Crippen LogP contribution is 2.41. The largest absolute Gasteiger partial charge is 0.462 e. The fourth-order valence-electron chi connectivity index (χ4n) is 11.7. The number of hydrogen-bond donors (Lipinski definition) is 0. The molecule has 2 amide bonds. The molecule has 0 aliphatic carbocycles. The second-order valence-corrected chi connectivity index (χ2v) is 24.4. The fourth-order valence-corrected chi connectivity index (χ4v) is 11.7. The van der Waals surface area contributed by atoms with E-state index < -0.39 is 18.0 Å². The van der Waals surface area contributed by atoms with Gasteiger partial charge in [0.05, 0.1) is 0 Å². The Morgan fingerprint density at radius 2 is 0.675 bits per heavy atom. The third-order valence-corrected chi connectivity index (χ3v) is 16.7. The Balaban J connectivity index is 1.97. The lowest BCUT2D eigenvalue weighted by molar-refractivity contribution is -0.199. The van der Waals surface area contributed by atoms with Crippen molar-refractivity contribution >= 4 is 23.8 Å². The molecule has 10 heteroatoms. The molecule has 10 nitrogen and oxygen atoms in total. The van der Waals surface area contributed by atoms with E-state index in [0.717, 1.165) is 51.4 Å². The predicted molar refractivity (Wildman–Crippen MR) is 321 cm³/mol. The van der Waals surface area contributed by atoms with Crippen molar-refractivity contribution in [2.75, 3.05) is 27.2 Å². The average molecular weight is 1090 g/mol. The number of esters is 2. The van der Waals surface area contributed by atoms with Gasteiger partial charge in [-0.05, 0) is 91.1 Å². The minimum Gasteiger partial charge on any atom is -0.462 e. The molecule has 0 radical (unpaired) electrons. The molecule has 0 aromatic heterocycles. The van der Waals surface area contributed by atoms with Crippen molar-refractivity contribution in [2.45, 2.75) is 379 Å². The molecule has 77 heavy (non-hydrogen) atoms. The maximum absolute atomic E-state index is 13.6. The number of ether oxygens (including phenoxy) is 4. The number of likely N-dealkylation sites (N-methyl/N-ethyl adjacent to an activating group) is 1. The number of likely N-dealkylation sites (tertiary alicyclic amines) is 1. The molecule has 2 aliphatic rings. The summed E-state index contributed by atoms with van der Waals surface area (Å²) in [6.07, 6.45) is 54.6. The van der Waals surface area contributed by atoms with Gasteiger partial charge in [0.25, 0.3) is 11.8 Å². The lowest BCUT2D eigenvalue weighted by atomic mass is 10.00. The van der Waals surface area contributed by atoms with Gasteiger partial charge >= 0.3 is 11.9 Å². The van der Waals surface area contributed by atoms with Crippen molar-refractivity contribution in [3.05, 3.63) is 0 Å². The van der Waals surface area contributed by atoms with E-state index in [1.165, 1.54) is 223 Å². The second-order valence-electron chi connectivity index (χ2n) is 24.4. The molecule has 2 heterocycles. The minimum atomic E-state index is -1.13. The highest BCUT2D eigenvalue weighted by Gasteiger charge is 2.60. The number of hydrogen-bond acceptors (Lipinski definition) is 9. The van der Waals surface area contributed by atoms with Crippen molar-refractivity contribution in [3.8, 4) is 0 Å². The van der Waals surface area contributed by atoms with Gasteiger partial charge in [-0.25, -0.2) is 0 Å². The first kappa shape index (κ1) is 71.1. The van der Waals surface area contributed by atoms with Crippen LogP contribution in [-0.2, 0) is 38.1 Å². The number of carbonyl (C=O) groups excluding carboxylic acids is 4. The van der Waals surface area contributed by atoms with Gasteiger partial charge in [0.1, 0.15) is 12.2 Å². The van der Waals surface area contributed by atoms with Gasteiger partial charge in [-0.2, -0.15) is 0 Å². The molecule has 2 aliphatic heterocycles. The number of nitrogens with zero attached hydrogens (tertiary/aromatic N) is 2. The zero-order valence-electron chi connectivity index (χ0n) is 51.7. The molecule has 2 rings (SSSR count). The molecule has 0 aromatic rings. The molecular weight excluding hydrogens is 961 g/mol. The summed E-state index contributed by atoms with van der Waals surface area (Å²) in [7, 11) is 3.84. The van der Waals surface area contributed by atoms with Crippen molar-refractivity contribution in [1.82, 2.24) is 9.80 Å². The van der Waals surface area contributed by atoms with E-state index in [1.54, 1.807) is 0 Å². The molecule has 2 fully saturated rings. The van der Waals surface area contributed by atoms with Crippen molar-refractivity contribution < 1.29 is 38.1 Å². The zero-order valence-corrected chi connectivity index (χ0v) is 51.7. The number of unbranched alkanes of at least 4 members (excludes halogenated alkanes) is 36. The van der Waals surface area contributed by atoms with Gasteiger partial charge in [-0.3, -0.25) is 24.1 Å². The number of fused-ring (bicyclic) bond motifs is 1. The number of amides is 2. The summed E-state index contributed by atoms with van der Waals surface area (Å²) in [4.78, 5) is 57.4. The summed E-state index contributed by atoms with van der Waals surface area (Å²) >= 11 is 0. The Morgan fingerprint density at radius 3 is 0.935 bits per heavy atom.